The molecule has 6 fully saturated rings. The highest BCUT2D eigenvalue weighted by Crippen LogP contribution is 2.35. The monoisotopic (exact) mass is 1530 g/mol. The summed E-state index contributed by atoms with van der Waals surface area (Å²) in [6, 6.07) is 37.0. The maximum atomic E-state index is 4.47. The van der Waals surface area contributed by atoms with Crippen LogP contribution in [0, 0.1) is 35.5 Å². The molecule has 6 heterocycles. The summed E-state index contributed by atoms with van der Waals surface area (Å²) in [5.41, 5.74) is 7.53. The van der Waals surface area contributed by atoms with Crippen LogP contribution in [0.15, 0.2) is 147 Å². The van der Waals surface area contributed by atoms with Gasteiger partial charge in [-0.3, -0.25) is 59.3 Å². The summed E-state index contributed by atoms with van der Waals surface area (Å²) >= 11 is 0. The van der Waals surface area contributed by atoms with Crippen molar-refractivity contribution in [2.45, 2.75) is 374 Å². The van der Waals surface area contributed by atoms with Gasteiger partial charge in [0, 0.05) is 130 Å². The number of aromatic nitrogens is 6. The third kappa shape index (κ3) is 41.7. The first-order valence-electron chi connectivity index (χ1n) is 45.5. The van der Waals surface area contributed by atoms with Gasteiger partial charge in [-0.2, -0.15) is 0 Å². The van der Waals surface area contributed by atoms with Crippen LogP contribution in [0.25, 0.3) is 0 Å². The van der Waals surface area contributed by atoms with Gasteiger partial charge >= 0.3 is 0 Å². The minimum atomic E-state index is 0.426. The lowest BCUT2D eigenvalue weighted by molar-refractivity contribution is 0.129. The fraction of sp³-hybridized carbons (Fsp3) is 0.697. The quantitative estimate of drug-likeness (QED) is 0.0820. The Hall–Kier alpha value is -5.34. The fourth-order valence-electron chi connectivity index (χ4n) is 16.2. The minimum Gasteiger partial charge on any atom is -0.299 e. The van der Waals surface area contributed by atoms with Gasteiger partial charge in [0.15, 0.2) is 0 Å². The van der Waals surface area contributed by atoms with E-state index >= 15 is 0 Å². The van der Waals surface area contributed by atoms with Crippen LogP contribution in [0.4, 0.5) is 0 Å². The lowest BCUT2D eigenvalue weighted by Gasteiger charge is -2.37. The Morgan fingerprint density at radius 3 is 0.784 bits per heavy atom. The number of pyridine rings is 6. The van der Waals surface area contributed by atoms with Crippen molar-refractivity contribution in [2.24, 2.45) is 35.5 Å². The smallest absolute Gasteiger partial charge is 0.0572 e. The van der Waals surface area contributed by atoms with Crippen molar-refractivity contribution < 1.29 is 0 Å². The van der Waals surface area contributed by atoms with Crippen molar-refractivity contribution in [1.82, 2.24) is 59.3 Å². The van der Waals surface area contributed by atoms with Crippen LogP contribution in [-0.4, -0.2) is 138 Å². The van der Waals surface area contributed by atoms with Crippen molar-refractivity contribution in [3.05, 3.63) is 181 Å². The summed E-state index contributed by atoms with van der Waals surface area (Å²) in [5, 5.41) is 0. The second-order valence-electron chi connectivity index (χ2n) is 32.1. The van der Waals surface area contributed by atoms with E-state index in [1.807, 2.05) is 175 Å². The predicted octanol–water partition coefficient (Wildman–Crippen LogP) is 26.4. The molecule has 0 N–H and O–H groups in total. The van der Waals surface area contributed by atoms with Gasteiger partial charge in [-0.1, -0.05) is 161 Å². The zero-order valence-corrected chi connectivity index (χ0v) is 77.0. The first kappa shape index (κ1) is 104. The van der Waals surface area contributed by atoms with Crippen LogP contribution in [0.3, 0.4) is 0 Å². The second-order valence-corrected chi connectivity index (χ2v) is 32.1. The Morgan fingerprint density at radius 1 is 0.270 bits per heavy atom. The maximum Gasteiger partial charge on any atom is 0.0572 e. The second kappa shape index (κ2) is 63.9. The molecule has 0 saturated heterocycles. The SMILES string of the molecule is CC.CC.CC.CC.CC.CC.CC1CCC(N(C)C(C)c2ccccn2)CC1.CC1CCC(N(C)C(C)c2cccnc2)CC1.CC1CCC(N(C)C(C)c2cccnc2)CC1.CC1CCC(N(C)Cc2ccccn2)CC1.CC1CCC(N(C)Cc2ccccn2)CC1.CC1CCC(N(C)Cc2cccnc2)CC1. The van der Waals surface area contributed by atoms with Gasteiger partial charge in [0.1, 0.15) is 0 Å². The van der Waals surface area contributed by atoms with Crippen LogP contribution < -0.4 is 0 Å². The Kier molecular flexibility index (Phi) is 59.7. The van der Waals surface area contributed by atoms with Crippen LogP contribution in [0.5, 0.6) is 0 Å². The van der Waals surface area contributed by atoms with Crippen LogP contribution in [-0.2, 0) is 19.6 Å². The average molecular weight is 1530 g/mol. The summed E-state index contributed by atoms with van der Waals surface area (Å²) in [7, 11) is 13.5. The fourth-order valence-corrected chi connectivity index (χ4v) is 16.2. The van der Waals surface area contributed by atoms with E-state index in [0.29, 0.717) is 18.1 Å². The molecule has 6 aromatic rings. The van der Waals surface area contributed by atoms with Gasteiger partial charge in [-0.05, 0) is 324 Å². The van der Waals surface area contributed by atoms with Crippen molar-refractivity contribution in [3.8, 4) is 0 Å². The minimum absolute atomic E-state index is 0.426. The average Bonchev–Trinajstić information content (AvgIpc) is 0.884. The zero-order valence-electron chi connectivity index (χ0n) is 77.0. The molecule has 0 bridgehead atoms. The number of rotatable bonds is 18. The Labute approximate surface area is 687 Å². The number of hydrogen-bond acceptors (Lipinski definition) is 12. The zero-order chi connectivity index (χ0) is 82.9. The van der Waals surface area contributed by atoms with Crippen molar-refractivity contribution in [3.63, 3.8) is 0 Å². The summed E-state index contributed by atoms with van der Waals surface area (Å²) < 4.78 is 0. The molecule has 6 saturated carbocycles. The van der Waals surface area contributed by atoms with Gasteiger partial charge < -0.3 is 0 Å². The molecule has 3 unspecified atom stereocenters. The Balaban J connectivity index is 0.000000647. The molecule has 0 aromatic carbocycles. The van der Waals surface area contributed by atoms with Crippen LogP contribution in [0.2, 0.25) is 0 Å². The standard InChI is InChI=1S/3C15H24N2.3C14H22N2.6C2H6/c2*1-12-6-8-15(9-7-12)17(3)13(2)14-5-4-10-16-11-14;1-12-7-9-14(10-8-12)17(3)13(2)15-6-4-5-11-16-15;1-12-5-7-14(8-6-12)16(2)11-13-4-3-9-15-10-13;2*1-12-6-8-14(9-7-12)16(2)11-13-5-3-4-10-15-13;6*1-2/h2*4-5,10-13,15H,6-9H2,1-3H3;4-6,11-14H,7-10H2,1-3H3;3-4,9-10,12,14H,5-8,11H2,1-2H3;2*3-5,10,12,14H,6-9,11H2,1-2H3;6*1-2H3. The first-order chi connectivity index (χ1) is 53.8. The molecular formula is C99H174N12. The van der Waals surface area contributed by atoms with E-state index in [9.17, 15) is 0 Å². The molecule has 3 atom stereocenters. The molecule has 12 nitrogen and oxygen atoms in total. The van der Waals surface area contributed by atoms with E-state index in [0.717, 1.165) is 91.4 Å². The van der Waals surface area contributed by atoms with E-state index in [4.69, 9.17) is 0 Å². The lowest BCUT2D eigenvalue weighted by atomic mass is 9.86. The molecule has 0 spiro atoms. The number of nitrogens with zero attached hydrogens (tertiary/aromatic N) is 12. The molecule has 0 amide bonds. The summed E-state index contributed by atoms with van der Waals surface area (Å²) in [6.07, 6.45) is 50.0. The molecule has 6 aromatic heterocycles. The van der Waals surface area contributed by atoms with Gasteiger partial charge in [0.25, 0.3) is 0 Å². The Bertz CT molecular complexity index is 2620. The highest BCUT2D eigenvalue weighted by molar-refractivity contribution is 5.15. The molecule has 111 heavy (non-hydrogen) atoms. The topological polar surface area (TPSA) is 96.8 Å². The van der Waals surface area contributed by atoms with Gasteiger partial charge in [0.2, 0.25) is 0 Å². The lowest BCUT2D eigenvalue weighted by Crippen LogP contribution is -2.36. The van der Waals surface area contributed by atoms with E-state index in [2.05, 4.69) is 219 Å². The largest absolute Gasteiger partial charge is 0.299 e. The van der Waals surface area contributed by atoms with Gasteiger partial charge in [-0.15, -0.1) is 0 Å². The predicted molar refractivity (Wildman–Crippen MR) is 485 cm³/mol. The molecule has 12 rings (SSSR count). The van der Waals surface area contributed by atoms with Crippen molar-refractivity contribution in [2.75, 3.05) is 42.3 Å². The summed E-state index contributed by atoms with van der Waals surface area (Å²) in [5.74, 6) is 5.56. The third-order valence-electron chi connectivity index (χ3n) is 24.2. The maximum absolute atomic E-state index is 4.47. The molecule has 6 aliphatic rings. The highest BCUT2D eigenvalue weighted by atomic mass is 15.2. The highest BCUT2D eigenvalue weighted by Gasteiger charge is 2.30. The van der Waals surface area contributed by atoms with Crippen LogP contribution in [0.1, 0.15) is 351 Å². The van der Waals surface area contributed by atoms with E-state index < -0.39 is 0 Å². The van der Waals surface area contributed by atoms with E-state index in [1.54, 1.807) is 0 Å². The van der Waals surface area contributed by atoms with E-state index in [-0.39, 0.29) is 0 Å². The molecular weight excluding hydrogens is 1360 g/mol. The molecule has 12 heteroatoms. The third-order valence-corrected chi connectivity index (χ3v) is 24.2. The van der Waals surface area contributed by atoms with Crippen molar-refractivity contribution >= 4 is 0 Å². The van der Waals surface area contributed by atoms with Gasteiger partial charge in [-0.25, -0.2) is 0 Å². The van der Waals surface area contributed by atoms with Gasteiger partial charge in [0.05, 0.1) is 17.1 Å². The normalized spacial score (nSPS) is 24.0. The van der Waals surface area contributed by atoms with E-state index in [1.165, 1.54) is 188 Å². The summed E-state index contributed by atoms with van der Waals surface area (Å²) in [4.78, 5) is 40.8. The van der Waals surface area contributed by atoms with Crippen LogP contribution >= 0.6 is 0 Å². The van der Waals surface area contributed by atoms with Crippen molar-refractivity contribution in [1.29, 1.82) is 0 Å². The molecule has 6 aliphatic carbocycles. The number of hydrogen-bond donors (Lipinski definition) is 0. The molecule has 0 radical (unpaired) electrons. The Morgan fingerprint density at radius 2 is 0.532 bits per heavy atom. The summed E-state index contributed by atoms with van der Waals surface area (Å²) in [6.45, 7) is 48.1. The molecule has 630 valence electrons. The molecule has 0 aliphatic heterocycles. The first-order valence-corrected chi connectivity index (χ1v) is 45.5.